The number of aliphatic hydroxyl groups excluding tert-OH is 3. The van der Waals surface area contributed by atoms with Crippen molar-refractivity contribution < 1.29 is 39.5 Å². The standard InChI is InChI=1S/C33H42O8/c1-20(8-6-10-25-22(3)9-7-17-33(25,4)5)11-12-21(2)18-27(34)40-24-15-13-23(14-16-24)19-26-28(35)29(36)30(37)31(41-26)32(38)39/h6,8,10-16,18,26,28-31,35-37H,7,9,17,19H2,1-5H3,(H,38,39)/b10-6+,12-11+,20-8+,21-18+/t26-,28-,29+,30-,31-/m0/s1. The second-order valence-corrected chi connectivity index (χ2v) is 11.6. The predicted octanol–water partition coefficient (Wildman–Crippen LogP) is 4.60. The predicted molar refractivity (Wildman–Crippen MR) is 156 cm³/mol. The van der Waals surface area contributed by atoms with Crippen molar-refractivity contribution in [3.05, 3.63) is 88.6 Å². The topological polar surface area (TPSA) is 134 Å². The minimum absolute atomic E-state index is 0.0871. The van der Waals surface area contributed by atoms with Crippen LogP contribution in [0.5, 0.6) is 5.75 Å². The number of carbonyl (C=O) groups excluding carboxylic acids is 1. The van der Waals surface area contributed by atoms with Crippen LogP contribution < -0.4 is 4.74 Å². The lowest BCUT2D eigenvalue weighted by molar-refractivity contribution is -0.227. The lowest BCUT2D eigenvalue weighted by atomic mass is 9.72. The number of benzene rings is 1. The second-order valence-electron chi connectivity index (χ2n) is 11.6. The van der Waals surface area contributed by atoms with Crippen LogP contribution in [0.2, 0.25) is 0 Å². The molecule has 4 N–H and O–H groups in total. The molecule has 1 aromatic rings. The van der Waals surface area contributed by atoms with Gasteiger partial charge in [-0.25, -0.2) is 9.59 Å². The molecule has 1 aromatic carbocycles. The fourth-order valence-corrected chi connectivity index (χ4v) is 5.25. The molecular weight excluding hydrogens is 524 g/mol. The normalized spacial score (nSPS) is 27.5. The number of carboxylic acid groups (broad SMARTS) is 1. The van der Waals surface area contributed by atoms with E-state index >= 15 is 0 Å². The summed E-state index contributed by atoms with van der Waals surface area (Å²) in [5.74, 6) is -1.65. The molecule has 0 unspecified atom stereocenters. The smallest absolute Gasteiger partial charge is 0.336 e. The Labute approximate surface area is 242 Å². The Morgan fingerprint density at radius 2 is 1.68 bits per heavy atom. The maximum atomic E-state index is 12.4. The van der Waals surface area contributed by atoms with Crippen LogP contribution in [0.4, 0.5) is 0 Å². The summed E-state index contributed by atoms with van der Waals surface area (Å²) >= 11 is 0. The van der Waals surface area contributed by atoms with E-state index < -0.39 is 42.5 Å². The van der Waals surface area contributed by atoms with Crippen molar-refractivity contribution in [3.8, 4) is 5.75 Å². The quantitative estimate of drug-likeness (QED) is 0.148. The monoisotopic (exact) mass is 566 g/mol. The molecule has 41 heavy (non-hydrogen) atoms. The van der Waals surface area contributed by atoms with Gasteiger partial charge < -0.3 is 29.9 Å². The van der Waals surface area contributed by atoms with Crippen LogP contribution in [0, 0.1) is 5.41 Å². The highest BCUT2D eigenvalue weighted by atomic mass is 16.6. The van der Waals surface area contributed by atoms with Crippen molar-refractivity contribution in [1.82, 2.24) is 0 Å². The van der Waals surface area contributed by atoms with E-state index in [0.717, 1.165) is 17.6 Å². The van der Waals surface area contributed by atoms with Crippen molar-refractivity contribution in [3.63, 3.8) is 0 Å². The Bertz CT molecular complexity index is 1250. The molecule has 1 heterocycles. The lowest BCUT2D eigenvalue weighted by Gasteiger charge is -2.39. The summed E-state index contributed by atoms with van der Waals surface area (Å²) in [7, 11) is 0. The minimum Gasteiger partial charge on any atom is -0.479 e. The first-order valence-electron chi connectivity index (χ1n) is 13.9. The third-order valence-corrected chi connectivity index (χ3v) is 7.65. The van der Waals surface area contributed by atoms with Crippen LogP contribution in [-0.2, 0) is 20.7 Å². The van der Waals surface area contributed by atoms with Gasteiger partial charge in [-0.15, -0.1) is 0 Å². The van der Waals surface area contributed by atoms with Gasteiger partial charge in [-0.2, -0.15) is 0 Å². The van der Waals surface area contributed by atoms with Crippen molar-refractivity contribution in [2.45, 2.75) is 90.8 Å². The van der Waals surface area contributed by atoms with Gasteiger partial charge in [0.2, 0.25) is 0 Å². The molecule has 0 saturated carbocycles. The van der Waals surface area contributed by atoms with Gasteiger partial charge in [0.15, 0.2) is 6.10 Å². The number of rotatable bonds is 9. The largest absolute Gasteiger partial charge is 0.479 e. The number of aliphatic carboxylic acids is 1. The minimum atomic E-state index is -1.73. The highest BCUT2D eigenvalue weighted by Crippen LogP contribution is 2.40. The maximum Gasteiger partial charge on any atom is 0.336 e. The van der Waals surface area contributed by atoms with Gasteiger partial charge in [-0.1, -0.05) is 67.5 Å². The molecule has 1 aliphatic carbocycles. The fraction of sp³-hybridized carbons (Fsp3) is 0.455. The van der Waals surface area contributed by atoms with Crippen LogP contribution in [0.3, 0.4) is 0 Å². The molecular formula is C33H42O8. The first-order chi connectivity index (χ1) is 19.3. The third kappa shape index (κ3) is 8.84. The molecule has 0 amide bonds. The maximum absolute atomic E-state index is 12.4. The van der Waals surface area contributed by atoms with Crippen LogP contribution in [0.25, 0.3) is 0 Å². The summed E-state index contributed by atoms with van der Waals surface area (Å²) < 4.78 is 10.7. The van der Waals surface area contributed by atoms with Crippen molar-refractivity contribution in [1.29, 1.82) is 0 Å². The Morgan fingerprint density at radius 1 is 1.02 bits per heavy atom. The van der Waals surface area contributed by atoms with Crippen LogP contribution in [-0.4, -0.2) is 62.9 Å². The number of allylic oxidation sites excluding steroid dienone is 9. The molecule has 0 radical (unpaired) electrons. The van der Waals surface area contributed by atoms with E-state index in [4.69, 9.17) is 9.47 Å². The van der Waals surface area contributed by atoms with E-state index in [0.29, 0.717) is 11.3 Å². The summed E-state index contributed by atoms with van der Waals surface area (Å²) in [4.78, 5) is 23.7. The Hall–Kier alpha value is -3.30. The Morgan fingerprint density at radius 3 is 2.32 bits per heavy atom. The van der Waals surface area contributed by atoms with Crippen LogP contribution in [0.15, 0.2) is 83.0 Å². The highest BCUT2D eigenvalue weighted by molar-refractivity contribution is 5.85. The van der Waals surface area contributed by atoms with Crippen molar-refractivity contribution >= 4 is 11.9 Å². The SMILES string of the molecule is CC1=C(/C=C/C=C(C)/C=C/C(C)=C/C(=O)Oc2ccc(C[C@@H]3O[C@H](C(=O)O)[C@@H](O)[C@H](O)[C@H]3O)cc2)C(C)(C)CCC1. The van der Waals surface area contributed by atoms with Crippen LogP contribution >= 0.6 is 0 Å². The number of aliphatic hydroxyl groups is 3. The van der Waals surface area contributed by atoms with E-state index in [9.17, 15) is 30.0 Å². The summed E-state index contributed by atoms with van der Waals surface area (Å²) in [6, 6.07) is 6.45. The first kappa shape index (κ1) is 32.2. The van der Waals surface area contributed by atoms with E-state index in [-0.39, 0.29) is 11.8 Å². The molecule has 222 valence electrons. The highest BCUT2D eigenvalue weighted by Gasteiger charge is 2.46. The van der Waals surface area contributed by atoms with Gasteiger partial charge in [0.1, 0.15) is 24.1 Å². The van der Waals surface area contributed by atoms with Gasteiger partial charge in [-0.3, -0.25) is 0 Å². The van der Waals surface area contributed by atoms with Crippen LogP contribution in [0.1, 0.15) is 59.4 Å². The summed E-state index contributed by atoms with van der Waals surface area (Å²) in [5.41, 5.74) is 5.50. The van der Waals surface area contributed by atoms with E-state index in [2.05, 4.69) is 39.0 Å². The van der Waals surface area contributed by atoms with E-state index in [1.165, 1.54) is 30.1 Å². The molecule has 3 rings (SSSR count). The Kier molecular flexibility index (Phi) is 11.0. The lowest BCUT2D eigenvalue weighted by Crippen LogP contribution is -2.60. The summed E-state index contributed by atoms with van der Waals surface area (Å²) in [5, 5.41) is 39.2. The van der Waals surface area contributed by atoms with Crippen molar-refractivity contribution in [2.24, 2.45) is 5.41 Å². The van der Waals surface area contributed by atoms with Gasteiger partial charge in [-0.05, 0) is 74.3 Å². The average molecular weight is 567 g/mol. The number of carbonyl (C=O) groups is 2. The second kappa shape index (κ2) is 14.0. The molecule has 8 nitrogen and oxygen atoms in total. The van der Waals surface area contributed by atoms with Gasteiger partial charge in [0.05, 0.1) is 6.10 Å². The summed E-state index contributed by atoms with van der Waals surface area (Å²) in [6.45, 7) is 10.6. The molecule has 0 aromatic heterocycles. The van der Waals surface area contributed by atoms with E-state index in [1.54, 1.807) is 24.3 Å². The molecule has 5 atom stereocenters. The van der Waals surface area contributed by atoms with Gasteiger partial charge >= 0.3 is 11.9 Å². The number of carboxylic acids is 1. The summed E-state index contributed by atoms with van der Waals surface area (Å²) in [6.07, 6.45) is 7.70. The van der Waals surface area contributed by atoms with Gasteiger partial charge in [0, 0.05) is 12.5 Å². The molecule has 1 fully saturated rings. The zero-order valence-electron chi connectivity index (χ0n) is 24.4. The van der Waals surface area contributed by atoms with E-state index in [1.807, 2.05) is 26.0 Å². The number of esters is 1. The number of hydrogen-bond acceptors (Lipinski definition) is 7. The molecule has 1 aliphatic heterocycles. The van der Waals surface area contributed by atoms with Gasteiger partial charge in [0.25, 0.3) is 0 Å². The molecule has 2 aliphatic rings. The zero-order valence-corrected chi connectivity index (χ0v) is 24.4. The Balaban J connectivity index is 1.54. The first-order valence-corrected chi connectivity index (χ1v) is 13.9. The zero-order chi connectivity index (χ0) is 30.3. The average Bonchev–Trinajstić information content (AvgIpc) is 2.90. The molecule has 1 saturated heterocycles. The number of hydrogen-bond donors (Lipinski definition) is 4. The fourth-order valence-electron chi connectivity index (χ4n) is 5.25. The third-order valence-electron chi connectivity index (χ3n) is 7.65. The molecule has 8 heteroatoms. The van der Waals surface area contributed by atoms with Crippen molar-refractivity contribution in [2.75, 3.05) is 0 Å². The molecule has 0 spiro atoms. The number of ether oxygens (including phenoxy) is 2. The molecule has 0 bridgehead atoms.